The Balaban J connectivity index is 1.29. The van der Waals surface area contributed by atoms with E-state index < -0.39 is 8.07 Å². The number of pyridine rings is 2. The lowest BCUT2D eigenvalue weighted by atomic mass is 9.77. The Morgan fingerprint density at radius 2 is 1.51 bits per heavy atom. The summed E-state index contributed by atoms with van der Waals surface area (Å²) in [5.41, 5.74) is 13.3. The van der Waals surface area contributed by atoms with Crippen molar-refractivity contribution in [3.63, 3.8) is 0 Å². The van der Waals surface area contributed by atoms with Gasteiger partial charge in [0.1, 0.15) is 0 Å². The number of rotatable bonds is 3. The minimum absolute atomic E-state index is 0.264. The maximum atomic E-state index is 4.90. The Bertz CT molecular complexity index is 2500. The molecule has 0 spiro atoms. The molecule has 0 amide bonds. The average molecular weight is 699 g/mol. The third-order valence-corrected chi connectivity index (χ3v) is 14.7. The molecule has 3 aromatic heterocycles. The summed E-state index contributed by atoms with van der Waals surface area (Å²) in [6, 6.07) is 41.5. The largest absolute Gasteiger partial charge is 0.219 e. The van der Waals surface area contributed by atoms with Gasteiger partial charge in [0, 0.05) is 55.0 Å². The van der Waals surface area contributed by atoms with Crippen LogP contribution in [-0.4, -0.2) is 8.07 Å². The third-order valence-electron chi connectivity index (χ3n) is 11.5. The Labute approximate surface area is 307 Å². The smallest absolute Gasteiger partial charge is 0.194 e. The lowest BCUT2D eigenvalue weighted by Gasteiger charge is -2.33. The zero-order valence-corrected chi connectivity index (χ0v) is 32.2. The van der Waals surface area contributed by atoms with Crippen LogP contribution >= 0.6 is 11.3 Å². The van der Waals surface area contributed by atoms with E-state index >= 15 is 0 Å². The van der Waals surface area contributed by atoms with Gasteiger partial charge in [0.15, 0.2) is 24.1 Å². The van der Waals surface area contributed by atoms with Crippen molar-refractivity contribution >= 4 is 50.5 Å². The van der Waals surface area contributed by atoms with Crippen molar-refractivity contribution in [1.29, 1.82) is 0 Å². The molecule has 9 rings (SSSR count). The van der Waals surface area contributed by atoms with Gasteiger partial charge < -0.3 is 0 Å². The average Bonchev–Trinajstić information content (AvgIpc) is 3.50. The first kappa shape index (κ1) is 32.3. The summed E-state index contributed by atoms with van der Waals surface area (Å²) in [4.78, 5) is 0. The summed E-state index contributed by atoms with van der Waals surface area (Å²) in [6.45, 7) is 17.1. The Morgan fingerprint density at radius 1 is 0.745 bits per heavy atom. The molecular formula is C47H46N2SSi+2. The fourth-order valence-electron chi connectivity index (χ4n) is 8.93. The number of thiophene rings is 1. The number of benzene rings is 4. The van der Waals surface area contributed by atoms with E-state index in [9.17, 15) is 0 Å². The van der Waals surface area contributed by atoms with Crippen molar-refractivity contribution in [1.82, 2.24) is 0 Å². The van der Waals surface area contributed by atoms with Crippen molar-refractivity contribution in [2.24, 2.45) is 0 Å². The first-order valence-corrected chi connectivity index (χ1v) is 22.9. The van der Waals surface area contributed by atoms with E-state index in [0.29, 0.717) is 11.8 Å². The SMILES string of the molecule is C=C1CC2C(CCc3cc4c(cc3-c3cc(-c5ccccc5)cc[n+]31)sc1ccccc14)c1ccccc1-c1cc(C(C)C)c([Si](C)(C)C)c[n+]12. The van der Waals surface area contributed by atoms with E-state index in [1.165, 1.54) is 70.5 Å². The van der Waals surface area contributed by atoms with Gasteiger partial charge in [-0.25, -0.2) is 0 Å². The van der Waals surface area contributed by atoms with Gasteiger partial charge in [0.2, 0.25) is 11.4 Å². The molecule has 2 unspecified atom stereocenters. The summed E-state index contributed by atoms with van der Waals surface area (Å²) in [5.74, 6) is 0.840. The highest BCUT2D eigenvalue weighted by Crippen LogP contribution is 2.46. The summed E-state index contributed by atoms with van der Waals surface area (Å²) in [6.07, 6.45) is 7.84. The molecule has 4 aromatic carbocycles. The van der Waals surface area contributed by atoms with Gasteiger partial charge in [-0.05, 0) is 77.4 Å². The molecule has 0 fully saturated rings. The molecule has 0 saturated carbocycles. The predicted octanol–water partition coefficient (Wildman–Crippen LogP) is 11.4. The van der Waals surface area contributed by atoms with E-state index in [2.05, 4.69) is 164 Å². The van der Waals surface area contributed by atoms with Gasteiger partial charge in [-0.15, -0.1) is 11.3 Å². The minimum Gasteiger partial charge on any atom is -0.194 e. The van der Waals surface area contributed by atoms with Crippen LogP contribution in [0.25, 0.3) is 59.5 Å². The van der Waals surface area contributed by atoms with Crippen LogP contribution in [0.2, 0.25) is 19.6 Å². The van der Waals surface area contributed by atoms with Crippen LogP contribution in [0.4, 0.5) is 0 Å². The normalized spacial score (nSPS) is 17.1. The molecule has 5 heterocycles. The molecule has 2 nitrogen and oxygen atoms in total. The molecular weight excluding hydrogens is 653 g/mol. The number of hydrogen-bond donors (Lipinski definition) is 0. The number of fused-ring (bicyclic) bond motifs is 12. The summed E-state index contributed by atoms with van der Waals surface area (Å²) in [5, 5.41) is 4.31. The van der Waals surface area contributed by atoms with Crippen LogP contribution < -0.4 is 14.3 Å². The molecule has 51 heavy (non-hydrogen) atoms. The molecule has 2 atom stereocenters. The van der Waals surface area contributed by atoms with Crippen molar-refractivity contribution in [2.45, 2.75) is 70.6 Å². The first-order chi connectivity index (χ1) is 24.7. The van der Waals surface area contributed by atoms with Gasteiger partial charge in [-0.2, -0.15) is 9.13 Å². The van der Waals surface area contributed by atoms with Crippen molar-refractivity contribution in [3.05, 3.63) is 145 Å². The lowest BCUT2D eigenvalue weighted by molar-refractivity contribution is -0.719. The van der Waals surface area contributed by atoms with Crippen LogP contribution in [0.1, 0.15) is 61.3 Å². The van der Waals surface area contributed by atoms with E-state index in [1.54, 1.807) is 5.19 Å². The van der Waals surface area contributed by atoms with Crippen molar-refractivity contribution in [3.8, 4) is 33.6 Å². The molecule has 0 saturated heterocycles. The maximum Gasteiger partial charge on any atom is 0.219 e. The van der Waals surface area contributed by atoms with Crippen LogP contribution in [0, 0.1) is 0 Å². The molecule has 7 aromatic rings. The summed E-state index contributed by atoms with van der Waals surface area (Å²) in [7, 11) is -1.64. The monoisotopic (exact) mass is 698 g/mol. The summed E-state index contributed by atoms with van der Waals surface area (Å²) < 4.78 is 7.80. The predicted molar refractivity (Wildman–Crippen MR) is 220 cm³/mol. The van der Waals surface area contributed by atoms with Gasteiger partial charge in [0.25, 0.3) is 0 Å². The number of aromatic nitrogens is 2. The highest BCUT2D eigenvalue weighted by atomic mass is 32.1. The molecule has 0 N–H and O–H groups in total. The van der Waals surface area contributed by atoms with E-state index in [4.69, 9.17) is 6.58 Å². The maximum absolute atomic E-state index is 4.90. The topological polar surface area (TPSA) is 7.76 Å². The Kier molecular flexibility index (Phi) is 7.75. The molecule has 0 aliphatic carbocycles. The molecule has 0 radical (unpaired) electrons. The Hall–Kier alpha value is -4.64. The van der Waals surface area contributed by atoms with Crippen LogP contribution in [-0.2, 0) is 6.42 Å². The summed E-state index contributed by atoms with van der Waals surface area (Å²) >= 11 is 1.91. The standard InChI is InChI=1S/C47H46N2SSi/c1-30(2)39-27-44-36-17-11-10-16-35(36)37-21-20-34-25-41-38-18-12-13-19-45(38)50-46(41)28-40(34)43-26-33(32-14-8-7-9-15-32)22-23-48(43)31(3)24-42(37)49(44)29-47(39)51(4,5)6/h7-19,22-23,25-30,37,42H,3,20-21,24H2,1-2,4-6H3/q+2. The highest BCUT2D eigenvalue weighted by molar-refractivity contribution is 7.25. The van der Waals surface area contributed by atoms with Gasteiger partial charge in [0.05, 0.1) is 20.1 Å². The lowest BCUT2D eigenvalue weighted by Crippen LogP contribution is -2.54. The number of allylic oxidation sites excluding steroid dienone is 1. The van der Waals surface area contributed by atoms with Gasteiger partial charge in [-0.3, -0.25) is 0 Å². The number of aryl methyl sites for hydroxylation is 1. The van der Waals surface area contributed by atoms with E-state index in [0.717, 1.165) is 25.0 Å². The molecule has 2 aliphatic rings. The van der Waals surface area contributed by atoms with Gasteiger partial charge >= 0.3 is 0 Å². The fraction of sp³-hybridized carbons (Fsp3) is 0.234. The van der Waals surface area contributed by atoms with Crippen molar-refractivity contribution < 1.29 is 9.13 Å². The molecule has 2 aliphatic heterocycles. The van der Waals surface area contributed by atoms with Crippen LogP contribution in [0.3, 0.4) is 0 Å². The Morgan fingerprint density at radius 3 is 2.31 bits per heavy atom. The quantitative estimate of drug-likeness (QED) is 0.128. The second-order valence-electron chi connectivity index (χ2n) is 16.1. The zero-order chi connectivity index (χ0) is 35.0. The number of hydrogen-bond acceptors (Lipinski definition) is 1. The minimum atomic E-state index is -1.64. The van der Waals surface area contributed by atoms with E-state index in [-0.39, 0.29) is 6.04 Å². The third kappa shape index (κ3) is 5.43. The first-order valence-electron chi connectivity index (χ1n) is 18.6. The second kappa shape index (κ2) is 12.2. The second-order valence-corrected chi connectivity index (χ2v) is 22.2. The van der Waals surface area contributed by atoms with E-state index in [1.807, 2.05) is 11.3 Å². The van der Waals surface area contributed by atoms with Crippen molar-refractivity contribution in [2.75, 3.05) is 0 Å². The zero-order valence-electron chi connectivity index (χ0n) is 30.4. The fourth-order valence-corrected chi connectivity index (χ4v) is 11.8. The molecule has 252 valence electrons. The van der Waals surface area contributed by atoms with Gasteiger partial charge in [-0.1, -0.05) is 100 Å². The molecule has 0 bridgehead atoms. The van der Waals surface area contributed by atoms with Crippen LogP contribution in [0.5, 0.6) is 0 Å². The molecule has 4 heteroatoms. The van der Waals surface area contributed by atoms with Crippen LogP contribution in [0.15, 0.2) is 128 Å². The number of nitrogens with zero attached hydrogens (tertiary/aromatic N) is 2. The highest BCUT2D eigenvalue weighted by Gasteiger charge is 2.44.